The maximum Gasteiger partial charge on any atom is 0.272 e. The average Bonchev–Trinajstić information content (AvgIpc) is 2.96. The van der Waals surface area contributed by atoms with Crippen molar-refractivity contribution in [3.63, 3.8) is 0 Å². The van der Waals surface area contributed by atoms with E-state index in [4.69, 9.17) is 5.73 Å². The van der Waals surface area contributed by atoms with Crippen molar-refractivity contribution in [1.82, 2.24) is 15.2 Å². The molecule has 7 heteroatoms. The van der Waals surface area contributed by atoms with Crippen LogP contribution in [0.15, 0.2) is 71.7 Å². The van der Waals surface area contributed by atoms with E-state index in [1.54, 1.807) is 24.1 Å². The number of fused-ring (bicyclic) bond motifs is 2. The Kier molecular flexibility index (Phi) is 4.01. The van der Waals surface area contributed by atoms with Gasteiger partial charge in [0.15, 0.2) is 0 Å². The zero-order valence-electron chi connectivity index (χ0n) is 16.3. The van der Waals surface area contributed by atoms with E-state index in [0.717, 1.165) is 27.9 Å². The molecule has 3 N–H and O–H groups in total. The third kappa shape index (κ3) is 2.71. The summed E-state index contributed by atoms with van der Waals surface area (Å²) in [6.07, 6.45) is 2.15. The van der Waals surface area contributed by atoms with Gasteiger partial charge < -0.3 is 5.73 Å². The fourth-order valence-electron chi connectivity index (χ4n) is 3.98. The van der Waals surface area contributed by atoms with Gasteiger partial charge in [0.25, 0.3) is 11.5 Å². The van der Waals surface area contributed by atoms with Gasteiger partial charge in [-0.3, -0.25) is 14.5 Å². The zero-order chi connectivity index (χ0) is 20.9. The Balaban J connectivity index is 1.56. The Hall–Kier alpha value is -3.84. The van der Waals surface area contributed by atoms with Crippen molar-refractivity contribution in [2.45, 2.75) is 18.9 Å². The van der Waals surface area contributed by atoms with Crippen LogP contribution >= 0.6 is 0 Å². The normalized spacial score (nSPS) is 18.1. The summed E-state index contributed by atoms with van der Waals surface area (Å²) in [5, 5.41) is 8.21. The van der Waals surface area contributed by atoms with Crippen molar-refractivity contribution in [2.24, 2.45) is 5.73 Å². The lowest BCUT2D eigenvalue weighted by Gasteiger charge is -2.20. The Bertz CT molecular complexity index is 1360. The number of nitrogens with one attached hydrogen (secondary N) is 1. The first-order valence-corrected chi connectivity index (χ1v) is 9.61. The number of amides is 1. The van der Waals surface area contributed by atoms with E-state index in [0.29, 0.717) is 17.6 Å². The predicted octanol–water partition coefficient (Wildman–Crippen LogP) is 2.76. The first-order chi connectivity index (χ1) is 14.5. The first kappa shape index (κ1) is 18.2. The highest BCUT2D eigenvalue weighted by molar-refractivity contribution is 6.11. The van der Waals surface area contributed by atoms with Crippen molar-refractivity contribution in [2.75, 3.05) is 4.90 Å². The van der Waals surface area contributed by atoms with Gasteiger partial charge in [0.2, 0.25) is 0 Å². The van der Waals surface area contributed by atoms with Crippen molar-refractivity contribution in [3.8, 4) is 0 Å². The monoisotopic (exact) mass is 397 g/mol. The zero-order valence-corrected chi connectivity index (χ0v) is 16.3. The molecule has 148 valence electrons. The second-order valence-corrected chi connectivity index (χ2v) is 7.60. The van der Waals surface area contributed by atoms with E-state index < -0.39 is 5.54 Å². The number of para-hydroxylation sites is 1. The standard InChI is InChI=1S/C23H19N5O2/c1-23(24)17-8-4-5-9-19(17)28(22(23)30)20-13-14(10-11-25-20)12-18-15-6-2-3-7-16(15)21(29)27-26-18/h2-11,13H,12,24H2,1H3,(H,27,29). The van der Waals surface area contributed by atoms with Gasteiger partial charge in [-0.15, -0.1) is 0 Å². The second kappa shape index (κ2) is 6.60. The largest absolute Gasteiger partial charge is 0.314 e. The number of aromatic amines is 1. The smallest absolute Gasteiger partial charge is 0.272 e. The highest BCUT2D eigenvalue weighted by atomic mass is 16.2. The van der Waals surface area contributed by atoms with Crippen LogP contribution in [-0.4, -0.2) is 21.1 Å². The molecule has 2 aromatic carbocycles. The van der Waals surface area contributed by atoms with E-state index in [2.05, 4.69) is 15.2 Å². The third-order valence-corrected chi connectivity index (χ3v) is 5.54. The molecule has 4 aromatic rings. The summed E-state index contributed by atoms with van der Waals surface area (Å²) < 4.78 is 0. The van der Waals surface area contributed by atoms with Gasteiger partial charge in [-0.25, -0.2) is 10.1 Å². The number of hydrogen-bond acceptors (Lipinski definition) is 5. The minimum Gasteiger partial charge on any atom is -0.314 e. The molecule has 0 spiro atoms. The summed E-state index contributed by atoms with van der Waals surface area (Å²) in [4.78, 5) is 31.1. The fraction of sp³-hybridized carbons (Fsp3) is 0.130. The van der Waals surface area contributed by atoms with Crippen LogP contribution in [0.3, 0.4) is 0 Å². The molecule has 0 saturated heterocycles. The Morgan fingerprint density at radius 3 is 2.60 bits per heavy atom. The number of hydrogen-bond donors (Lipinski definition) is 2. The number of H-pyrrole nitrogens is 1. The summed E-state index contributed by atoms with van der Waals surface area (Å²) in [6, 6.07) is 18.6. The molecule has 7 nitrogen and oxygen atoms in total. The molecular formula is C23H19N5O2. The molecule has 1 unspecified atom stereocenters. The topological polar surface area (TPSA) is 105 Å². The number of nitrogens with two attached hydrogens (primary N) is 1. The number of rotatable bonds is 3. The summed E-state index contributed by atoms with van der Waals surface area (Å²) in [6.45, 7) is 1.72. The van der Waals surface area contributed by atoms with Gasteiger partial charge in [0, 0.05) is 23.6 Å². The summed E-state index contributed by atoms with van der Waals surface area (Å²) in [7, 11) is 0. The fourth-order valence-corrected chi connectivity index (χ4v) is 3.98. The van der Waals surface area contributed by atoms with Gasteiger partial charge in [0.1, 0.15) is 11.4 Å². The van der Waals surface area contributed by atoms with Crippen LogP contribution in [0.1, 0.15) is 23.7 Å². The van der Waals surface area contributed by atoms with Crippen LogP contribution in [0.5, 0.6) is 0 Å². The molecule has 0 fully saturated rings. The van der Waals surface area contributed by atoms with Crippen LogP contribution in [-0.2, 0) is 16.8 Å². The van der Waals surface area contributed by atoms with Crippen LogP contribution < -0.4 is 16.2 Å². The van der Waals surface area contributed by atoms with E-state index in [9.17, 15) is 9.59 Å². The molecule has 3 heterocycles. The number of aromatic nitrogens is 3. The molecule has 1 atom stereocenters. The number of carbonyl (C=O) groups is 1. The predicted molar refractivity (Wildman–Crippen MR) is 115 cm³/mol. The van der Waals surface area contributed by atoms with Crippen molar-refractivity contribution in [1.29, 1.82) is 0 Å². The molecular weight excluding hydrogens is 378 g/mol. The van der Waals surface area contributed by atoms with Crippen LogP contribution in [0, 0.1) is 0 Å². The minimum atomic E-state index is -1.11. The SMILES string of the molecule is CC1(N)C(=O)N(c2cc(Cc3n[nH]c(=O)c4ccccc34)ccn2)c2ccccc21. The van der Waals surface area contributed by atoms with Gasteiger partial charge in [-0.2, -0.15) is 5.10 Å². The maximum absolute atomic E-state index is 13.1. The molecule has 30 heavy (non-hydrogen) atoms. The number of pyridine rings is 1. The second-order valence-electron chi connectivity index (χ2n) is 7.60. The highest BCUT2D eigenvalue weighted by Gasteiger charge is 2.45. The van der Waals surface area contributed by atoms with E-state index in [1.165, 1.54) is 0 Å². The molecule has 1 aliphatic rings. The lowest BCUT2D eigenvalue weighted by Crippen LogP contribution is -2.43. The van der Waals surface area contributed by atoms with Crippen molar-refractivity contribution >= 4 is 28.2 Å². The van der Waals surface area contributed by atoms with E-state index in [-0.39, 0.29) is 11.5 Å². The minimum absolute atomic E-state index is 0.216. The Labute approximate surface area is 172 Å². The Morgan fingerprint density at radius 1 is 1.03 bits per heavy atom. The van der Waals surface area contributed by atoms with Crippen molar-refractivity contribution < 1.29 is 4.79 Å². The molecule has 0 aliphatic carbocycles. The molecule has 1 amide bonds. The molecule has 2 aromatic heterocycles. The Morgan fingerprint density at radius 2 is 1.77 bits per heavy atom. The maximum atomic E-state index is 13.1. The molecule has 1 aliphatic heterocycles. The third-order valence-electron chi connectivity index (χ3n) is 5.54. The molecule has 0 bridgehead atoms. The number of benzene rings is 2. The lowest BCUT2D eigenvalue weighted by molar-refractivity contribution is -0.121. The summed E-state index contributed by atoms with van der Waals surface area (Å²) in [5.41, 5.74) is 8.19. The van der Waals surface area contributed by atoms with E-state index >= 15 is 0 Å². The van der Waals surface area contributed by atoms with E-state index in [1.807, 2.05) is 54.6 Å². The van der Waals surface area contributed by atoms with Gasteiger partial charge in [0.05, 0.1) is 16.8 Å². The summed E-state index contributed by atoms with van der Waals surface area (Å²) in [5.74, 6) is 0.286. The molecule has 0 saturated carbocycles. The quantitative estimate of drug-likeness (QED) is 0.553. The van der Waals surface area contributed by atoms with Gasteiger partial charge in [-0.05, 0) is 36.8 Å². The van der Waals surface area contributed by atoms with Crippen LogP contribution in [0.25, 0.3) is 10.8 Å². The molecule has 0 radical (unpaired) electrons. The number of nitrogens with zero attached hydrogens (tertiary/aromatic N) is 3. The lowest BCUT2D eigenvalue weighted by atomic mass is 9.95. The van der Waals surface area contributed by atoms with Gasteiger partial charge >= 0.3 is 0 Å². The number of carbonyl (C=O) groups excluding carboxylic acids is 1. The molecule has 5 rings (SSSR count). The van der Waals surface area contributed by atoms with Crippen molar-refractivity contribution in [3.05, 3.63) is 94.0 Å². The average molecular weight is 397 g/mol. The number of anilines is 2. The van der Waals surface area contributed by atoms with Crippen LogP contribution in [0.2, 0.25) is 0 Å². The summed E-state index contributed by atoms with van der Waals surface area (Å²) >= 11 is 0. The van der Waals surface area contributed by atoms with Gasteiger partial charge in [-0.1, -0.05) is 36.4 Å². The highest BCUT2D eigenvalue weighted by Crippen LogP contribution is 2.42. The first-order valence-electron chi connectivity index (χ1n) is 9.61. The van der Waals surface area contributed by atoms with Crippen LogP contribution in [0.4, 0.5) is 11.5 Å².